The quantitative estimate of drug-likeness (QED) is 0.812. The lowest BCUT2D eigenvalue weighted by atomic mass is 9.96. The summed E-state index contributed by atoms with van der Waals surface area (Å²) in [6.07, 6.45) is 6.38. The van der Waals surface area contributed by atoms with Gasteiger partial charge in [-0.1, -0.05) is 12.1 Å². The number of halogens is 1. The number of rotatable bonds is 6. The number of nitriles is 1. The zero-order valence-electron chi connectivity index (χ0n) is 15.1. The maximum absolute atomic E-state index is 13.1. The van der Waals surface area contributed by atoms with E-state index in [0.717, 1.165) is 49.7 Å². The molecule has 0 saturated heterocycles. The third-order valence-electron chi connectivity index (χ3n) is 5.24. The number of anilines is 1. The number of aryl methyl sites for hydroxylation is 1. The molecule has 0 bridgehead atoms. The van der Waals surface area contributed by atoms with Gasteiger partial charge in [0.2, 0.25) is 5.91 Å². The number of carbonyl (C=O) groups excluding carboxylic acids is 1. The topological polar surface area (TPSA) is 56.1 Å². The van der Waals surface area contributed by atoms with Gasteiger partial charge in [-0.2, -0.15) is 5.26 Å². The first-order valence-electron chi connectivity index (χ1n) is 9.47. The Balaban J connectivity index is 1.44. The van der Waals surface area contributed by atoms with Crippen LogP contribution < -0.4 is 5.32 Å². The van der Waals surface area contributed by atoms with Gasteiger partial charge < -0.3 is 5.32 Å². The zero-order chi connectivity index (χ0) is 18.8. The van der Waals surface area contributed by atoms with Crippen molar-refractivity contribution in [3.05, 3.63) is 51.7 Å². The molecule has 6 heteroatoms. The normalized spacial score (nSPS) is 16.0. The first-order chi connectivity index (χ1) is 13.1. The molecule has 1 fully saturated rings. The van der Waals surface area contributed by atoms with Crippen LogP contribution in [0, 0.1) is 17.1 Å². The minimum absolute atomic E-state index is 0.0842. The first kappa shape index (κ1) is 18.1. The molecular weight excluding hydrogens is 361 g/mol. The van der Waals surface area contributed by atoms with Crippen molar-refractivity contribution in [3.8, 4) is 6.07 Å². The Morgan fingerprint density at radius 1 is 1.26 bits per heavy atom. The molecule has 1 heterocycles. The molecule has 2 aromatic rings. The number of fused-ring (bicyclic) bond motifs is 1. The monoisotopic (exact) mass is 383 g/mol. The van der Waals surface area contributed by atoms with Gasteiger partial charge in [0, 0.05) is 17.5 Å². The molecule has 2 aliphatic rings. The molecule has 0 atom stereocenters. The molecule has 1 N–H and O–H groups in total. The van der Waals surface area contributed by atoms with Crippen LogP contribution in [-0.4, -0.2) is 23.4 Å². The SMILES string of the molecule is N#Cc1c(NC(=O)CN(Cc2ccc(F)cc2)C2CC2)sc2c1CCCC2. The Hall–Kier alpha value is -2.23. The molecule has 4 rings (SSSR count). The van der Waals surface area contributed by atoms with Crippen LogP contribution in [0.5, 0.6) is 0 Å². The van der Waals surface area contributed by atoms with E-state index < -0.39 is 0 Å². The predicted molar refractivity (Wildman–Crippen MR) is 104 cm³/mol. The first-order valence-corrected chi connectivity index (χ1v) is 10.3. The minimum atomic E-state index is -0.250. The molecule has 1 saturated carbocycles. The summed E-state index contributed by atoms with van der Waals surface area (Å²) < 4.78 is 13.1. The molecule has 0 radical (unpaired) electrons. The molecule has 0 aliphatic heterocycles. The number of thiophene rings is 1. The summed E-state index contributed by atoms with van der Waals surface area (Å²) in [6, 6.07) is 9.14. The number of benzene rings is 1. The van der Waals surface area contributed by atoms with Crippen LogP contribution in [0.2, 0.25) is 0 Å². The number of nitrogens with one attached hydrogen (secondary N) is 1. The van der Waals surface area contributed by atoms with Crippen molar-refractivity contribution in [3.63, 3.8) is 0 Å². The summed E-state index contributed by atoms with van der Waals surface area (Å²) in [4.78, 5) is 16.1. The standard InChI is InChI=1S/C21H22FN3OS/c22-15-7-5-14(6-8-15)12-25(16-9-10-16)13-20(26)24-21-18(11-23)17-3-1-2-4-19(17)27-21/h5-8,16H,1-4,9-10,12-13H2,(H,24,26). The van der Waals surface area contributed by atoms with E-state index in [2.05, 4.69) is 16.3 Å². The largest absolute Gasteiger partial charge is 0.315 e. The van der Waals surface area contributed by atoms with Gasteiger partial charge in [-0.3, -0.25) is 9.69 Å². The molecular formula is C21H22FN3OS. The number of hydrogen-bond donors (Lipinski definition) is 1. The smallest absolute Gasteiger partial charge is 0.239 e. The fourth-order valence-corrected chi connectivity index (χ4v) is 4.96. The van der Waals surface area contributed by atoms with Crippen LogP contribution in [0.25, 0.3) is 0 Å². The van der Waals surface area contributed by atoms with Crippen molar-refractivity contribution in [2.45, 2.75) is 51.1 Å². The van der Waals surface area contributed by atoms with Crippen molar-refractivity contribution in [1.29, 1.82) is 5.26 Å². The molecule has 1 aromatic carbocycles. The molecule has 2 aliphatic carbocycles. The van der Waals surface area contributed by atoms with Crippen LogP contribution in [0.4, 0.5) is 9.39 Å². The van der Waals surface area contributed by atoms with E-state index in [9.17, 15) is 14.4 Å². The summed E-state index contributed by atoms with van der Waals surface area (Å²) in [5.41, 5.74) is 2.79. The van der Waals surface area contributed by atoms with Gasteiger partial charge in [-0.25, -0.2) is 4.39 Å². The second-order valence-corrected chi connectivity index (χ2v) is 8.44. The minimum Gasteiger partial charge on any atom is -0.315 e. The van der Waals surface area contributed by atoms with Crippen molar-refractivity contribution in [2.75, 3.05) is 11.9 Å². The summed E-state index contributed by atoms with van der Waals surface area (Å²) >= 11 is 1.56. The van der Waals surface area contributed by atoms with Crippen LogP contribution >= 0.6 is 11.3 Å². The summed E-state index contributed by atoms with van der Waals surface area (Å²) in [7, 11) is 0. The van der Waals surface area contributed by atoms with E-state index >= 15 is 0 Å². The average molecular weight is 383 g/mol. The fraction of sp³-hybridized carbons (Fsp3) is 0.429. The van der Waals surface area contributed by atoms with Crippen LogP contribution in [-0.2, 0) is 24.2 Å². The van der Waals surface area contributed by atoms with Crippen LogP contribution in [0.15, 0.2) is 24.3 Å². The van der Waals surface area contributed by atoms with Gasteiger partial charge in [0.05, 0.1) is 12.1 Å². The Kier molecular flexibility index (Phi) is 5.24. The van der Waals surface area contributed by atoms with Gasteiger partial charge in [-0.15, -0.1) is 11.3 Å². The molecule has 140 valence electrons. The highest BCUT2D eigenvalue weighted by Gasteiger charge is 2.31. The highest BCUT2D eigenvalue weighted by molar-refractivity contribution is 7.16. The second-order valence-electron chi connectivity index (χ2n) is 7.34. The number of hydrogen-bond acceptors (Lipinski definition) is 4. The highest BCUT2D eigenvalue weighted by Crippen LogP contribution is 2.37. The van der Waals surface area contributed by atoms with E-state index in [0.29, 0.717) is 23.2 Å². The molecule has 0 spiro atoms. The Bertz CT molecular complexity index is 880. The van der Waals surface area contributed by atoms with E-state index in [1.54, 1.807) is 23.5 Å². The van der Waals surface area contributed by atoms with Gasteiger partial charge in [0.25, 0.3) is 0 Å². The molecule has 1 amide bonds. The highest BCUT2D eigenvalue weighted by atomic mass is 32.1. The maximum atomic E-state index is 13.1. The molecule has 1 aromatic heterocycles. The lowest BCUT2D eigenvalue weighted by molar-refractivity contribution is -0.117. The van der Waals surface area contributed by atoms with E-state index in [-0.39, 0.29) is 18.3 Å². The maximum Gasteiger partial charge on any atom is 0.239 e. The lowest BCUT2D eigenvalue weighted by Crippen LogP contribution is -2.34. The Morgan fingerprint density at radius 3 is 2.70 bits per heavy atom. The van der Waals surface area contributed by atoms with Crippen molar-refractivity contribution in [1.82, 2.24) is 4.90 Å². The van der Waals surface area contributed by atoms with E-state index in [1.807, 2.05) is 0 Å². The van der Waals surface area contributed by atoms with E-state index in [4.69, 9.17) is 0 Å². The van der Waals surface area contributed by atoms with Crippen molar-refractivity contribution >= 4 is 22.2 Å². The number of amides is 1. The lowest BCUT2D eigenvalue weighted by Gasteiger charge is -2.21. The van der Waals surface area contributed by atoms with Crippen LogP contribution in [0.1, 0.15) is 47.3 Å². The van der Waals surface area contributed by atoms with Gasteiger partial charge >= 0.3 is 0 Å². The summed E-state index contributed by atoms with van der Waals surface area (Å²) in [5, 5.41) is 13.2. The molecule has 27 heavy (non-hydrogen) atoms. The van der Waals surface area contributed by atoms with Crippen molar-refractivity contribution < 1.29 is 9.18 Å². The third kappa shape index (κ3) is 4.20. The van der Waals surface area contributed by atoms with Gasteiger partial charge in [0.1, 0.15) is 16.9 Å². The third-order valence-corrected chi connectivity index (χ3v) is 6.45. The Morgan fingerprint density at radius 2 is 2.00 bits per heavy atom. The fourth-order valence-electron chi connectivity index (χ4n) is 3.70. The number of carbonyl (C=O) groups is 1. The molecule has 4 nitrogen and oxygen atoms in total. The summed E-state index contributed by atoms with van der Waals surface area (Å²) in [5.74, 6) is -0.334. The van der Waals surface area contributed by atoms with Gasteiger partial charge in [-0.05, 0) is 61.8 Å². The predicted octanol–water partition coefficient (Wildman–Crippen LogP) is 4.24. The second kappa shape index (κ2) is 7.79. The van der Waals surface area contributed by atoms with Gasteiger partial charge in [0.15, 0.2) is 0 Å². The zero-order valence-corrected chi connectivity index (χ0v) is 15.9. The average Bonchev–Trinajstić information content (AvgIpc) is 3.45. The van der Waals surface area contributed by atoms with Crippen molar-refractivity contribution in [2.24, 2.45) is 0 Å². The molecule has 0 unspecified atom stereocenters. The van der Waals surface area contributed by atoms with Crippen LogP contribution in [0.3, 0.4) is 0 Å². The number of nitrogens with zero attached hydrogens (tertiary/aromatic N) is 2. The van der Waals surface area contributed by atoms with E-state index in [1.165, 1.54) is 17.0 Å². The summed E-state index contributed by atoms with van der Waals surface area (Å²) in [6.45, 7) is 0.917. The Labute approximate surface area is 162 Å².